The lowest BCUT2D eigenvalue weighted by Crippen LogP contribution is -2.36. The molecule has 0 amide bonds. The van der Waals surface area contributed by atoms with Gasteiger partial charge in [-0.1, -0.05) is 29.3 Å². The molecule has 0 aliphatic carbocycles. The molecule has 1 aromatic rings. The van der Waals surface area contributed by atoms with Crippen LogP contribution in [0.15, 0.2) is 18.2 Å². The van der Waals surface area contributed by atoms with E-state index in [-0.39, 0.29) is 0 Å². The minimum atomic E-state index is 0.657. The maximum absolute atomic E-state index is 6.05. The summed E-state index contributed by atoms with van der Waals surface area (Å²) in [5.74, 6) is 0. The van der Waals surface area contributed by atoms with Crippen molar-refractivity contribution in [2.45, 2.75) is 13.3 Å². The second kappa shape index (κ2) is 6.94. The molecule has 16 heavy (non-hydrogen) atoms. The van der Waals surface area contributed by atoms with E-state index in [9.17, 15) is 0 Å². The summed E-state index contributed by atoms with van der Waals surface area (Å²) < 4.78 is 0. The first-order chi connectivity index (χ1) is 7.63. The molecule has 0 saturated heterocycles. The van der Waals surface area contributed by atoms with Crippen molar-refractivity contribution in [3.05, 3.63) is 33.8 Å². The monoisotopic (exact) mass is 276 g/mol. The predicted molar refractivity (Wildman–Crippen MR) is 74.4 cm³/mol. The molecule has 0 radical (unpaired) electrons. The number of nitrogens with one attached hydrogen (secondary N) is 2. The zero-order valence-corrected chi connectivity index (χ0v) is 11.3. The summed E-state index contributed by atoms with van der Waals surface area (Å²) in [7, 11) is 0. The van der Waals surface area contributed by atoms with Crippen molar-refractivity contribution >= 4 is 40.5 Å². The fourth-order valence-electron chi connectivity index (χ4n) is 1.26. The van der Waals surface area contributed by atoms with Crippen LogP contribution in [0.4, 0.5) is 0 Å². The summed E-state index contributed by atoms with van der Waals surface area (Å²) in [6.07, 6.45) is 0.821. The van der Waals surface area contributed by atoms with E-state index < -0.39 is 0 Å². The Bertz CT molecular complexity index is 369. The summed E-state index contributed by atoms with van der Waals surface area (Å²) in [5.41, 5.74) is 1.07. The van der Waals surface area contributed by atoms with Crippen LogP contribution < -0.4 is 10.6 Å². The molecule has 88 valence electrons. The van der Waals surface area contributed by atoms with E-state index in [0.717, 1.165) is 25.1 Å². The van der Waals surface area contributed by atoms with Gasteiger partial charge >= 0.3 is 0 Å². The van der Waals surface area contributed by atoms with Crippen molar-refractivity contribution in [3.8, 4) is 0 Å². The number of hydrogen-bond donors (Lipinski definition) is 2. The summed E-state index contributed by atoms with van der Waals surface area (Å²) in [4.78, 5) is 0. The van der Waals surface area contributed by atoms with E-state index in [0.29, 0.717) is 15.2 Å². The van der Waals surface area contributed by atoms with Crippen molar-refractivity contribution in [3.63, 3.8) is 0 Å². The highest BCUT2D eigenvalue weighted by Crippen LogP contribution is 2.20. The summed E-state index contributed by atoms with van der Waals surface area (Å²) in [6.45, 7) is 3.59. The number of halogens is 2. The third-order valence-corrected chi connectivity index (χ3v) is 2.91. The van der Waals surface area contributed by atoms with E-state index in [1.54, 1.807) is 6.07 Å². The lowest BCUT2D eigenvalue weighted by atomic mass is 10.1. The third-order valence-electron chi connectivity index (χ3n) is 2.03. The Kier molecular flexibility index (Phi) is 5.88. The van der Waals surface area contributed by atoms with Gasteiger partial charge in [0.1, 0.15) is 0 Å². The van der Waals surface area contributed by atoms with Crippen molar-refractivity contribution in [1.29, 1.82) is 0 Å². The summed E-state index contributed by atoms with van der Waals surface area (Å²) in [5, 5.41) is 8.15. The van der Waals surface area contributed by atoms with Crippen molar-refractivity contribution in [2.75, 3.05) is 13.1 Å². The average molecular weight is 277 g/mol. The highest BCUT2D eigenvalue weighted by Gasteiger charge is 2.01. The fraction of sp³-hybridized carbons (Fsp3) is 0.364. The molecular formula is C11H14Cl2N2S. The van der Waals surface area contributed by atoms with Crippen molar-refractivity contribution in [1.82, 2.24) is 10.6 Å². The van der Waals surface area contributed by atoms with Crippen LogP contribution in [0.3, 0.4) is 0 Å². The molecule has 2 nitrogen and oxygen atoms in total. The second-order valence-corrected chi connectivity index (χ2v) is 4.52. The van der Waals surface area contributed by atoms with Crippen molar-refractivity contribution in [2.24, 2.45) is 0 Å². The normalized spacial score (nSPS) is 9.94. The predicted octanol–water partition coefficient (Wildman–Crippen LogP) is 3.02. The lowest BCUT2D eigenvalue weighted by molar-refractivity contribution is 0.829. The van der Waals surface area contributed by atoms with Gasteiger partial charge in [0, 0.05) is 23.1 Å². The highest BCUT2D eigenvalue weighted by atomic mass is 35.5. The maximum Gasteiger partial charge on any atom is 0.166 e. The second-order valence-electron chi connectivity index (χ2n) is 3.27. The van der Waals surface area contributed by atoms with E-state index in [4.69, 9.17) is 35.4 Å². The molecule has 0 aromatic heterocycles. The van der Waals surface area contributed by atoms with E-state index in [1.807, 2.05) is 19.1 Å². The Labute approximate surface area is 111 Å². The molecule has 2 N–H and O–H groups in total. The van der Waals surface area contributed by atoms with Gasteiger partial charge in [0.2, 0.25) is 0 Å². The minimum Gasteiger partial charge on any atom is -0.363 e. The van der Waals surface area contributed by atoms with E-state index in [1.165, 1.54) is 0 Å². The van der Waals surface area contributed by atoms with Crippen LogP contribution in [0, 0.1) is 0 Å². The van der Waals surface area contributed by atoms with Crippen LogP contribution in [0.1, 0.15) is 12.5 Å². The molecule has 5 heteroatoms. The molecule has 1 rings (SSSR count). The molecular weight excluding hydrogens is 263 g/mol. The van der Waals surface area contributed by atoms with E-state index in [2.05, 4.69) is 10.6 Å². The van der Waals surface area contributed by atoms with Crippen LogP contribution >= 0.6 is 35.4 Å². The number of benzene rings is 1. The van der Waals surface area contributed by atoms with E-state index >= 15 is 0 Å². The molecule has 0 aliphatic heterocycles. The maximum atomic E-state index is 6.05. The Morgan fingerprint density at radius 3 is 2.69 bits per heavy atom. The van der Waals surface area contributed by atoms with Gasteiger partial charge in [0.05, 0.1) is 0 Å². The largest absolute Gasteiger partial charge is 0.363 e. The zero-order chi connectivity index (χ0) is 12.0. The molecule has 0 spiro atoms. The summed E-state index contributed by atoms with van der Waals surface area (Å²) >= 11 is 16.9. The number of thiocarbonyl (C=S) groups is 1. The van der Waals surface area contributed by atoms with Gasteiger partial charge in [0.15, 0.2) is 5.11 Å². The van der Waals surface area contributed by atoms with Gasteiger partial charge in [-0.25, -0.2) is 0 Å². The van der Waals surface area contributed by atoms with Crippen LogP contribution in [0.2, 0.25) is 10.0 Å². The van der Waals surface area contributed by atoms with Crippen LogP contribution in [-0.2, 0) is 6.42 Å². The fourth-order valence-corrected chi connectivity index (χ4v) is 2.01. The highest BCUT2D eigenvalue weighted by molar-refractivity contribution is 7.80. The molecule has 0 bridgehead atoms. The standard InChI is InChI=1S/C11H14Cl2N2S/c1-2-14-11(16)15-6-5-8-3-4-9(12)7-10(8)13/h3-4,7H,2,5-6H2,1H3,(H2,14,15,16). The summed E-state index contributed by atoms with van der Waals surface area (Å²) in [6, 6.07) is 5.52. The average Bonchev–Trinajstić information content (AvgIpc) is 2.22. The van der Waals surface area contributed by atoms with Crippen molar-refractivity contribution < 1.29 is 0 Å². The Balaban J connectivity index is 2.40. The topological polar surface area (TPSA) is 24.1 Å². The third kappa shape index (κ3) is 4.56. The quantitative estimate of drug-likeness (QED) is 0.827. The van der Waals surface area contributed by atoms with Gasteiger partial charge in [-0.15, -0.1) is 0 Å². The first-order valence-electron chi connectivity index (χ1n) is 5.09. The van der Waals surface area contributed by atoms with Gasteiger partial charge in [0.25, 0.3) is 0 Å². The van der Waals surface area contributed by atoms with Gasteiger partial charge in [-0.3, -0.25) is 0 Å². The first-order valence-corrected chi connectivity index (χ1v) is 6.25. The first kappa shape index (κ1) is 13.6. The molecule has 0 unspecified atom stereocenters. The molecule has 0 fully saturated rings. The Morgan fingerprint density at radius 2 is 2.06 bits per heavy atom. The molecule has 0 saturated carbocycles. The number of rotatable bonds is 4. The van der Waals surface area contributed by atoms with Crippen LogP contribution in [-0.4, -0.2) is 18.2 Å². The lowest BCUT2D eigenvalue weighted by Gasteiger charge is -2.09. The van der Waals surface area contributed by atoms with Gasteiger partial charge in [-0.05, 0) is 43.3 Å². The Hall–Kier alpha value is -0.510. The Morgan fingerprint density at radius 1 is 1.31 bits per heavy atom. The smallest absolute Gasteiger partial charge is 0.166 e. The zero-order valence-electron chi connectivity index (χ0n) is 9.02. The van der Waals surface area contributed by atoms with Crippen LogP contribution in [0.25, 0.3) is 0 Å². The SMILES string of the molecule is CCNC(=S)NCCc1ccc(Cl)cc1Cl. The molecule has 0 aliphatic rings. The van der Waals surface area contributed by atoms with Gasteiger partial charge < -0.3 is 10.6 Å². The number of hydrogen-bond acceptors (Lipinski definition) is 1. The molecule has 0 atom stereocenters. The minimum absolute atomic E-state index is 0.657. The van der Waals surface area contributed by atoms with Crippen LogP contribution in [0.5, 0.6) is 0 Å². The van der Waals surface area contributed by atoms with Gasteiger partial charge in [-0.2, -0.15) is 0 Å². The molecule has 1 aromatic carbocycles. The molecule has 0 heterocycles.